The third-order valence-corrected chi connectivity index (χ3v) is 7.05. The molecule has 0 spiro atoms. The molecule has 3 atom stereocenters. The molecule has 150 valence electrons. The first-order valence-electron chi connectivity index (χ1n) is 10.5. The Morgan fingerprint density at radius 1 is 1.11 bits per heavy atom. The predicted molar refractivity (Wildman–Crippen MR) is 114 cm³/mol. The lowest BCUT2D eigenvalue weighted by molar-refractivity contribution is -0.126. The van der Waals surface area contributed by atoms with Gasteiger partial charge in [0.2, 0.25) is 0 Å². The van der Waals surface area contributed by atoms with Crippen molar-refractivity contribution < 1.29 is 10.2 Å². The minimum absolute atomic E-state index is 0.167. The van der Waals surface area contributed by atoms with Crippen LogP contribution in [0.25, 0.3) is 0 Å². The summed E-state index contributed by atoms with van der Waals surface area (Å²) in [5.41, 5.74) is 2.87. The van der Waals surface area contributed by atoms with Crippen LogP contribution in [0.15, 0.2) is 42.5 Å². The highest BCUT2D eigenvalue weighted by Gasteiger charge is 2.48. The predicted octanol–water partition coefficient (Wildman–Crippen LogP) is 5.48. The van der Waals surface area contributed by atoms with E-state index < -0.39 is 5.60 Å². The van der Waals surface area contributed by atoms with Gasteiger partial charge in [-0.2, -0.15) is 0 Å². The molecule has 4 heteroatoms. The summed E-state index contributed by atoms with van der Waals surface area (Å²) < 4.78 is 0. The monoisotopic (exact) mass is 399 g/mol. The molecule has 0 bridgehead atoms. The summed E-state index contributed by atoms with van der Waals surface area (Å²) in [6.45, 7) is 3.79. The Morgan fingerprint density at radius 2 is 1.89 bits per heavy atom. The SMILES string of the molecule is CCc1cc([C@@H]2[C@H]3CCCC[C@]3(O)CCN2Cc2ccc(Cl)cc2)ccc1O. The summed E-state index contributed by atoms with van der Waals surface area (Å²) in [6, 6.07) is 14.3. The number of rotatable bonds is 4. The summed E-state index contributed by atoms with van der Waals surface area (Å²) in [5.74, 6) is 0.599. The number of aliphatic hydroxyl groups is 1. The number of fused-ring (bicyclic) bond motifs is 1. The van der Waals surface area contributed by atoms with E-state index in [4.69, 9.17) is 11.6 Å². The van der Waals surface area contributed by atoms with Gasteiger partial charge in [0.25, 0.3) is 0 Å². The number of piperidine rings is 1. The minimum Gasteiger partial charge on any atom is -0.508 e. The zero-order valence-electron chi connectivity index (χ0n) is 16.6. The van der Waals surface area contributed by atoms with Crippen molar-refractivity contribution in [2.75, 3.05) is 6.54 Å². The van der Waals surface area contributed by atoms with Crippen LogP contribution in [-0.2, 0) is 13.0 Å². The van der Waals surface area contributed by atoms with Crippen LogP contribution in [0, 0.1) is 5.92 Å². The van der Waals surface area contributed by atoms with Gasteiger partial charge in [-0.05, 0) is 60.6 Å². The van der Waals surface area contributed by atoms with Gasteiger partial charge in [-0.3, -0.25) is 4.90 Å². The molecule has 1 saturated carbocycles. The fraction of sp³-hybridized carbons (Fsp3) is 0.500. The second kappa shape index (κ2) is 8.06. The molecule has 2 aromatic carbocycles. The van der Waals surface area contributed by atoms with Crippen molar-refractivity contribution in [1.29, 1.82) is 0 Å². The minimum atomic E-state index is -0.566. The first kappa shape index (κ1) is 19.8. The van der Waals surface area contributed by atoms with Gasteiger partial charge in [0, 0.05) is 30.1 Å². The Bertz CT molecular complexity index is 822. The number of hydrogen-bond donors (Lipinski definition) is 2. The van der Waals surface area contributed by atoms with E-state index in [9.17, 15) is 10.2 Å². The molecule has 2 fully saturated rings. The Hall–Kier alpha value is -1.55. The van der Waals surface area contributed by atoms with E-state index in [1.54, 1.807) is 0 Å². The van der Waals surface area contributed by atoms with E-state index >= 15 is 0 Å². The van der Waals surface area contributed by atoms with Crippen molar-refractivity contribution in [3.05, 3.63) is 64.2 Å². The van der Waals surface area contributed by atoms with Crippen molar-refractivity contribution in [2.45, 2.75) is 63.6 Å². The molecule has 0 unspecified atom stereocenters. The van der Waals surface area contributed by atoms with Crippen LogP contribution < -0.4 is 0 Å². The van der Waals surface area contributed by atoms with Gasteiger partial charge in [0.15, 0.2) is 0 Å². The van der Waals surface area contributed by atoms with Crippen LogP contribution in [0.1, 0.15) is 61.8 Å². The summed E-state index contributed by atoms with van der Waals surface area (Å²) >= 11 is 6.07. The smallest absolute Gasteiger partial charge is 0.118 e. The molecule has 2 aliphatic rings. The number of likely N-dealkylation sites (tertiary alicyclic amines) is 1. The van der Waals surface area contributed by atoms with Gasteiger partial charge in [0.1, 0.15) is 5.75 Å². The Labute approximate surface area is 173 Å². The van der Waals surface area contributed by atoms with Crippen molar-refractivity contribution in [3.63, 3.8) is 0 Å². The maximum Gasteiger partial charge on any atom is 0.118 e. The average Bonchev–Trinajstić information content (AvgIpc) is 2.70. The van der Waals surface area contributed by atoms with Crippen LogP contribution in [0.2, 0.25) is 5.02 Å². The Kier molecular flexibility index (Phi) is 5.69. The van der Waals surface area contributed by atoms with Crippen LogP contribution in [0.4, 0.5) is 0 Å². The van der Waals surface area contributed by atoms with E-state index in [1.165, 1.54) is 17.5 Å². The number of phenolic OH excluding ortho intramolecular Hbond substituents is 1. The molecule has 2 aromatic rings. The van der Waals surface area contributed by atoms with E-state index in [1.807, 2.05) is 24.3 Å². The van der Waals surface area contributed by atoms with E-state index in [-0.39, 0.29) is 12.0 Å². The second-order valence-electron chi connectivity index (χ2n) is 8.49. The topological polar surface area (TPSA) is 43.7 Å². The lowest BCUT2D eigenvalue weighted by atomic mass is 9.66. The van der Waals surface area contributed by atoms with Gasteiger partial charge in [-0.15, -0.1) is 0 Å². The molecule has 0 radical (unpaired) electrons. The van der Waals surface area contributed by atoms with Gasteiger partial charge in [-0.25, -0.2) is 0 Å². The van der Waals surface area contributed by atoms with E-state index in [0.717, 1.165) is 55.8 Å². The second-order valence-corrected chi connectivity index (χ2v) is 8.93. The zero-order valence-corrected chi connectivity index (χ0v) is 17.3. The molecule has 1 saturated heterocycles. The molecule has 0 aromatic heterocycles. The number of nitrogens with zero attached hydrogens (tertiary/aromatic N) is 1. The molecular formula is C24H30ClNO2. The fourth-order valence-corrected chi connectivity index (χ4v) is 5.39. The molecule has 2 N–H and O–H groups in total. The third-order valence-electron chi connectivity index (χ3n) is 6.80. The van der Waals surface area contributed by atoms with Crippen molar-refractivity contribution in [1.82, 2.24) is 4.90 Å². The molecule has 1 aliphatic carbocycles. The maximum atomic E-state index is 11.4. The summed E-state index contributed by atoms with van der Waals surface area (Å²) in [6.07, 6.45) is 5.89. The van der Waals surface area contributed by atoms with Gasteiger partial charge >= 0.3 is 0 Å². The highest BCUT2D eigenvalue weighted by atomic mass is 35.5. The standard InChI is InChI=1S/C24H30ClNO2/c1-2-18-15-19(8-11-22(18)27)23-21-5-3-4-12-24(21,28)13-14-26(23)16-17-6-9-20(25)10-7-17/h6-11,15,21,23,27-28H,2-5,12-14,16H2,1H3/t21-,23-,24+/m1/s1. The van der Waals surface area contributed by atoms with Crippen LogP contribution >= 0.6 is 11.6 Å². The molecular weight excluding hydrogens is 370 g/mol. The van der Waals surface area contributed by atoms with Crippen LogP contribution in [0.5, 0.6) is 5.75 Å². The lowest BCUT2D eigenvalue weighted by Gasteiger charge is -2.53. The highest BCUT2D eigenvalue weighted by molar-refractivity contribution is 6.30. The van der Waals surface area contributed by atoms with Crippen molar-refractivity contribution in [3.8, 4) is 5.75 Å². The number of aromatic hydroxyl groups is 1. The van der Waals surface area contributed by atoms with Crippen molar-refractivity contribution in [2.24, 2.45) is 5.92 Å². The number of hydrogen-bond acceptors (Lipinski definition) is 3. The zero-order chi connectivity index (χ0) is 19.7. The molecule has 1 heterocycles. The lowest BCUT2D eigenvalue weighted by Crippen LogP contribution is -2.54. The first-order chi connectivity index (χ1) is 13.5. The maximum absolute atomic E-state index is 11.4. The van der Waals surface area contributed by atoms with Gasteiger partial charge in [0.05, 0.1) is 5.60 Å². The average molecular weight is 400 g/mol. The summed E-state index contributed by atoms with van der Waals surface area (Å²) in [4.78, 5) is 2.51. The number of benzene rings is 2. The summed E-state index contributed by atoms with van der Waals surface area (Å²) in [5, 5.41) is 22.4. The third kappa shape index (κ3) is 3.80. The van der Waals surface area contributed by atoms with Gasteiger partial charge < -0.3 is 10.2 Å². The Balaban J connectivity index is 1.70. The highest BCUT2D eigenvalue weighted by Crippen LogP contribution is 2.50. The Morgan fingerprint density at radius 3 is 2.64 bits per heavy atom. The van der Waals surface area contributed by atoms with E-state index in [2.05, 4.69) is 30.0 Å². The molecule has 4 rings (SSSR count). The number of phenols is 1. The summed E-state index contributed by atoms with van der Waals surface area (Å²) in [7, 11) is 0. The molecule has 3 nitrogen and oxygen atoms in total. The largest absolute Gasteiger partial charge is 0.508 e. The molecule has 1 aliphatic heterocycles. The normalized spacial score (nSPS) is 28.1. The number of aryl methyl sites for hydroxylation is 1. The number of halogens is 1. The van der Waals surface area contributed by atoms with Crippen molar-refractivity contribution >= 4 is 11.6 Å². The molecule has 28 heavy (non-hydrogen) atoms. The fourth-order valence-electron chi connectivity index (χ4n) is 5.26. The molecule has 0 amide bonds. The van der Waals surface area contributed by atoms with Gasteiger partial charge in [-0.1, -0.05) is 55.6 Å². The first-order valence-corrected chi connectivity index (χ1v) is 10.9. The quantitative estimate of drug-likeness (QED) is 0.715. The van der Waals surface area contributed by atoms with Crippen LogP contribution in [0.3, 0.4) is 0 Å². The van der Waals surface area contributed by atoms with Crippen LogP contribution in [-0.4, -0.2) is 27.3 Å². The van der Waals surface area contributed by atoms with E-state index in [0.29, 0.717) is 5.75 Å².